The number of likely N-dealkylation sites (tertiary alicyclic amines) is 1. The largest absolute Gasteiger partial charge is 0.494 e. The Morgan fingerprint density at radius 3 is 2.47 bits per heavy atom. The van der Waals surface area contributed by atoms with Gasteiger partial charge in [0.05, 0.1) is 31.3 Å². The number of methoxy groups -OCH3 is 1. The molecule has 1 aliphatic rings. The molecule has 0 spiro atoms. The summed E-state index contributed by atoms with van der Waals surface area (Å²) in [5.41, 5.74) is 8.12. The average molecular weight is 464 g/mol. The molecule has 4 rings (SSSR count). The Hall–Kier alpha value is -3.32. The van der Waals surface area contributed by atoms with Crippen molar-refractivity contribution < 1.29 is 14.3 Å². The Bertz CT molecular complexity index is 1210. The summed E-state index contributed by atoms with van der Waals surface area (Å²) < 4.78 is 13.4. The van der Waals surface area contributed by atoms with Gasteiger partial charge in [-0.15, -0.1) is 0 Å². The van der Waals surface area contributed by atoms with Gasteiger partial charge < -0.3 is 24.7 Å². The van der Waals surface area contributed by atoms with Crippen LogP contribution in [0.1, 0.15) is 31.2 Å². The lowest BCUT2D eigenvalue weighted by Crippen LogP contribution is -2.31. The van der Waals surface area contributed by atoms with E-state index in [1.807, 2.05) is 48.0 Å². The summed E-state index contributed by atoms with van der Waals surface area (Å²) in [6.45, 7) is 4.16. The van der Waals surface area contributed by atoms with Gasteiger partial charge >= 0.3 is 0 Å². The molecule has 1 aliphatic heterocycles. The van der Waals surface area contributed by atoms with Crippen molar-refractivity contribution in [2.45, 2.75) is 32.1 Å². The van der Waals surface area contributed by atoms with Gasteiger partial charge in [-0.3, -0.25) is 9.59 Å². The van der Waals surface area contributed by atoms with E-state index in [-0.39, 0.29) is 17.6 Å². The number of carbonyl (C=O) groups excluding carboxylic acids is 1. The zero-order chi connectivity index (χ0) is 24.1. The molecule has 0 saturated carbocycles. The van der Waals surface area contributed by atoms with Crippen LogP contribution in [-0.4, -0.2) is 48.7 Å². The second kappa shape index (κ2) is 10.7. The Balaban J connectivity index is 1.53. The number of benzene rings is 2. The summed E-state index contributed by atoms with van der Waals surface area (Å²) in [5.74, 6) is 0.637. The number of aromatic nitrogens is 1. The number of hydrogen-bond acceptors (Lipinski definition) is 5. The number of piperidine rings is 1. The molecule has 7 heteroatoms. The molecule has 2 heterocycles. The van der Waals surface area contributed by atoms with Crippen molar-refractivity contribution in [3.05, 3.63) is 58.3 Å². The molecule has 1 fully saturated rings. The summed E-state index contributed by atoms with van der Waals surface area (Å²) in [6, 6.07) is 13.1. The maximum Gasteiger partial charge on any atom is 0.231 e. The first-order valence-electron chi connectivity index (χ1n) is 11.9. The molecule has 2 N–H and O–H groups in total. The third-order valence-electron chi connectivity index (χ3n) is 6.47. The van der Waals surface area contributed by atoms with E-state index in [0.29, 0.717) is 23.3 Å². The lowest BCUT2D eigenvalue weighted by molar-refractivity contribution is -0.117. The quantitative estimate of drug-likeness (QED) is 0.491. The number of ether oxygens (including phenoxy) is 2. The van der Waals surface area contributed by atoms with E-state index in [4.69, 9.17) is 15.2 Å². The summed E-state index contributed by atoms with van der Waals surface area (Å²) in [4.78, 5) is 27.0. The third-order valence-corrected chi connectivity index (χ3v) is 6.47. The Morgan fingerprint density at radius 1 is 1.06 bits per heavy atom. The van der Waals surface area contributed by atoms with Crippen LogP contribution in [0.15, 0.2) is 47.3 Å². The highest BCUT2D eigenvalue weighted by atomic mass is 16.5. The van der Waals surface area contributed by atoms with Gasteiger partial charge in [0.25, 0.3) is 0 Å². The molecule has 180 valence electrons. The number of aryl methyl sites for hydroxylation is 1. The van der Waals surface area contributed by atoms with Gasteiger partial charge in [-0.2, -0.15) is 0 Å². The van der Waals surface area contributed by atoms with Crippen molar-refractivity contribution in [2.75, 3.05) is 33.4 Å². The van der Waals surface area contributed by atoms with Crippen LogP contribution >= 0.6 is 0 Å². The SMILES string of the molecule is COc1c(-c2ccc(OCCCN3CCCCC3)cc2)n(C)c2ccc(CC(N)=O)cc2c1=O. The molecule has 0 aliphatic carbocycles. The van der Waals surface area contributed by atoms with Gasteiger partial charge in [0.2, 0.25) is 11.3 Å². The molecule has 3 aromatic rings. The first-order valence-corrected chi connectivity index (χ1v) is 11.9. The van der Waals surface area contributed by atoms with E-state index in [2.05, 4.69) is 4.90 Å². The number of rotatable bonds is 9. The van der Waals surface area contributed by atoms with Crippen LogP contribution in [0.5, 0.6) is 11.5 Å². The standard InChI is InChI=1S/C27H33N3O4/c1-29-23-12-7-19(18-24(28)31)17-22(23)26(32)27(33-2)25(29)20-8-10-21(11-9-20)34-16-6-15-30-13-4-3-5-14-30/h7-12,17H,3-6,13-16,18H2,1-2H3,(H2,28,31). The molecule has 1 amide bonds. The predicted octanol–water partition coefficient (Wildman–Crippen LogP) is 3.50. The highest BCUT2D eigenvalue weighted by molar-refractivity contribution is 5.87. The lowest BCUT2D eigenvalue weighted by atomic mass is 10.0. The minimum atomic E-state index is -0.437. The van der Waals surface area contributed by atoms with Gasteiger partial charge in [-0.05, 0) is 74.3 Å². The number of primary amides is 1. The molecule has 2 aromatic carbocycles. The van der Waals surface area contributed by atoms with Gasteiger partial charge in [0.15, 0.2) is 5.75 Å². The van der Waals surface area contributed by atoms with E-state index in [9.17, 15) is 9.59 Å². The second-order valence-corrected chi connectivity index (χ2v) is 8.89. The Morgan fingerprint density at radius 2 is 1.79 bits per heavy atom. The van der Waals surface area contributed by atoms with Gasteiger partial charge in [0.1, 0.15) is 5.75 Å². The molecular formula is C27H33N3O4. The fourth-order valence-electron chi connectivity index (χ4n) is 4.76. The first kappa shape index (κ1) is 23.8. The molecule has 1 aromatic heterocycles. The van der Waals surface area contributed by atoms with Crippen molar-refractivity contribution in [2.24, 2.45) is 12.8 Å². The number of nitrogens with zero attached hydrogens (tertiary/aromatic N) is 2. The lowest BCUT2D eigenvalue weighted by Gasteiger charge is -2.26. The van der Waals surface area contributed by atoms with Crippen LogP contribution in [0.2, 0.25) is 0 Å². The second-order valence-electron chi connectivity index (χ2n) is 8.89. The van der Waals surface area contributed by atoms with Gasteiger partial charge in [-0.1, -0.05) is 12.5 Å². The normalized spacial score (nSPS) is 14.3. The van der Waals surface area contributed by atoms with Crippen molar-refractivity contribution in [3.63, 3.8) is 0 Å². The number of carbonyl (C=O) groups is 1. The molecule has 0 bridgehead atoms. The summed E-state index contributed by atoms with van der Waals surface area (Å²) in [5, 5.41) is 0.496. The number of pyridine rings is 1. The molecule has 1 saturated heterocycles. The fourth-order valence-corrected chi connectivity index (χ4v) is 4.76. The maximum absolute atomic E-state index is 13.2. The van der Waals surface area contributed by atoms with Crippen molar-refractivity contribution in [1.29, 1.82) is 0 Å². The summed E-state index contributed by atoms with van der Waals surface area (Å²) in [6.07, 6.45) is 5.05. The van der Waals surface area contributed by atoms with E-state index in [1.165, 1.54) is 39.5 Å². The van der Waals surface area contributed by atoms with E-state index < -0.39 is 5.91 Å². The molecule has 0 atom stereocenters. The molecule has 34 heavy (non-hydrogen) atoms. The maximum atomic E-state index is 13.2. The van der Waals surface area contributed by atoms with Crippen LogP contribution in [0.3, 0.4) is 0 Å². The Kier molecular flexibility index (Phi) is 7.53. The predicted molar refractivity (Wildman–Crippen MR) is 134 cm³/mol. The van der Waals surface area contributed by atoms with Crippen LogP contribution in [0, 0.1) is 0 Å². The van der Waals surface area contributed by atoms with Gasteiger partial charge in [-0.25, -0.2) is 0 Å². The van der Waals surface area contributed by atoms with E-state index in [0.717, 1.165) is 29.8 Å². The highest BCUT2D eigenvalue weighted by Gasteiger charge is 2.18. The minimum absolute atomic E-state index is 0.0860. The zero-order valence-electron chi connectivity index (χ0n) is 20.0. The smallest absolute Gasteiger partial charge is 0.231 e. The van der Waals surface area contributed by atoms with Crippen LogP contribution in [0.4, 0.5) is 0 Å². The Labute approximate surface area is 200 Å². The summed E-state index contributed by atoms with van der Waals surface area (Å²) in [7, 11) is 3.40. The average Bonchev–Trinajstić information content (AvgIpc) is 2.84. The van der Waals surface area contributed by atoms with Crippen LogP contribution in [-0.2, 0) is 18.3 Å². The molecule has 7 nitrogen and oxygen atoms in total. The highest BCUT2D eigenvalue weighted by Crippen LogP contribution is 2.31. The van der Waals surface area contributed by atoms with E-state index >= 15 is 0 Å². The fraction of sp³-hybridized carbons (Fsp3) is 0.407. The van der Waals surface area contributed by atoms with Crippen molar-refractivity contribution in [3.8, 4) is 22.8 Å². The van der Waals surface area contributed by atoms with Crippen molar-refractivity contribution >= 4 is 16.8 Å². The zero-order valence-corrected chi connectivity index (χ0v) is 20.0. The third kappa shape index (κ3) is 5.25. The topological polar surface area (TPSA) is 86.8 Å². The van der Waals surface area contributed by atoms with Gasteiger partial charge in [0, 0.05) is 24.5 Å². The van der Waals surface area contributed by atoms with Crippen LogP contribution in [0.25, 0.3) is 22.2 Å². The van der Waals surface area contributed by atoms with Crippen molar-refractivity contribution in [1.82, 2.24) is 9.47 Å². The molecule has 0 unspecified atom stereocenters. The van der Waals surface area contributed by atoms with E-state index in [1.54, 1.807) is 6.07 Å². The van der Waals surface area contributed by atoms with Crippen LogP contribution < -0.4 is 20.6 Å². The number of amides is 1. The first-order chi connectivity index (χ1) is 16.5. The molecule has 0 radical (unpaired) electrons. The minimum Gasteiger partial charge on any atom is -0.494 e. The number of fused-ring (bicyclic) bond motifs is 1. The molecular weight excluding hydrogens is 430 g/mol. The summed E-state index contributed by atoms with van der Waals surface area (Å²) >= 11 is 0. The number of hydrogen-bond donors (Lipinski definition) is 1. The monoisotopic (exact) mass is 463 g/mol. The number of nitrogens with two attached hydrogens (primary N) is 1.